The van der Waals surface area contributed by atoms with Crippen LogP contribution in [0.1, 0.15) is 51.0 Å². The van der Waals surface area contributed by atoms with Gasteiger partial charge in [-0.3, -0.25) is 38.4 Å². The number of carbonyl (C=O) groups excluding carboxylic acids is 8. The van der Waals surface area contributed by atoms with Crippen LogP contribution in [0.2, 0.25) is 0 Å². The van der Waals surface area contributed by atoms with Crippen molar-refractivity contribution in [3.63, 3.8) is 0 Å². The van der Waals surface area contributed by atoms with Crippen LogP contribution in [0.15, 0.2) is 24.3 Å². The van der Waals surface area contributed by atoms with Gasteiger partial charge in [0.1, 0.15) is 42.0 Å². The highest BCUT2D eigenvalue weighted by molar-refractivity contribution is 5.98. The molecule has 12 N–H and O–H groups in total. The molecular formula is C35H50N8O13. The van der Waals surface area contributed by atoms with Gasteiger partial charge in [0.05, 0.1) is 24.4 Å². The maximum absolute atomic E-state index is 14.1. The quantitative estimate of drug-likeness (QED) is 0.104. The van der Waals surface area contributed by atoms with Gasteiger partial charge in [-0.1, -0.05) is 12.1 Å². The van der Waals surface area contributed by atoms with E-state index in [4.69, 9.17) is 5.73 Å². The number of hydrogen-bond acceptors (Lipinski definition) is 13. The zero-order valence-corrected chi connectivity index (χ0v) is 30.7. The number of aromatic hydroxyl groups is 1. The summed E-state index contributed by atoms with van der Waals surface area (Å²) >= 11 is 0. The van der Waals surface area contributed by atoms with Crippen molar-refractivity contribution in [2.24, 2.45) is 5.73 Å². The number of hydrogen-bond donors (Lipinski definition) is 11. The van der Waals surface area contributed by atoms with Gasteiger partial charge >= 0.3 is 0 Å². The van der Waals surface area contributed by atoms with Gasteiger partial charge < -0.3 is 67.7 Å². The number of amides is 8. The standard InChI is InChI=1S/C35H50N8O13/c1-17(45)27-35(56)42-11-2-3-23(42)31(52)41-28(25(49)13-18-4-6-19(46)7-5-18)32(53)39-21(8-9-26(36)50)34(55)43-12-10-24(48)29(43)33(54)37-15-20(47)14-22(38-16-44)30(51)40-27/h4-7,16-17,20-25,27-29,45-49H,2-3,8-15H2,1H3,(H2,36,50)(H,37,54)(H,38,44)(H,39,53)(H,40,51)(H,41,52)/t17-,20-,21+,22+,23?,24+,25-,27+,28?,29?/m1/s1. The van der Waals surface area contributed by atoms with Gasteiger partial charge in [0.25, 0.3) is 0 Å². The number of nitrogens with two attached hydrogens (primary N) is 1. The Morgan fingerprint density at radius 2 is 1.59 bits per heavy atom. The molecule has 0 saturated carbocycles. The highest BCUT2D eigenvalue weighted by atomic mass is 16.3. The molecule has 1 aromatic carbocycles. The summed E-state index contributed by atoms with van der Waals surface area (Å²) in [6.45, 7) is 0.496. The van der Waals surface area contributed by atoms with Crippen LogP contribution >= 0.6 is 0 Å². The van der Waals surface area contributed by atoms with E-state index in [1.807, 2.05) is 0 Å². The molecule has 21 nitrogen and oxygen atoms in total. The first-order valence-electron chi connectivity index (χ1n) is 18.3. The largest absolute Gasteiger partial charge is 0.508 e. The van der Waals surface area contributed by atoms with E-state index in [1.54, 1.807) is 0 Å². The van der Waals surface area contributed by atoms with E-state index in [0.29, 0.717) is 5.56 Å². The Morgan fingerprint density at radius 3 is 2.23 bits per heavy atom. The molecule has 3 aliphatic rings. The molecule has 4 rings (SSSR count). The van der Waals surface area contributed by atoms with Crippen molar-refractivity contribution in [2.45, 2.75) is 113 Å². The first-order valence-corrected chi connectivity index (χ1v) is 18.3. The molecule has 0 aromatic heterocycles. The summed E-state index contributed by atoms with van der Waals surface area (Å²) in [4.78, 5) is 108. The lowest BCUT2D eigenvalue weighted by Gasteiger charge is -2.33. The Balaban J connectivity index is 1.76. The third-order valence-electron chi connectivity index (χ3n) is 10.0. The minimum atomic E-state index is -1.81. The highest BCUT2D eigenvalue weighted by Gasteiger charge is 2.45. The van der Waals surface area contributed by atoms with E-state index in [9.17, 15) is 63.9 Å². The van der Waals surface area contributed by atoms with Gasteiger partial charge in [-0.15, -0.1) is 0 Å². The molecule has 0 spiro atoms. The fourth-order valence-corrected chi connectivity index (χ4v) is 7.06. The predicted octanol–water partition coefficient (Wildman–Crippen LogP) is -5.66. The lowest BCUT2D eigenvalue weighted by Crippen LogP contribution is -2.62. The molecule has 8 amide bonds. The number of carbonyl (C=O) groups is 8. The van der Waals surface area contributed by atoms with Crippen molar-refractivity contribution in [1.82, 2.24) is 36.4 Å². The van der Waals surface area contributed by atoms with E-state index in [-0.39, 0.29) is 57.4 Å². The van der Waals surface area contributed by atoms with Gasteiger partial charge in [-0.05, 0) is 50.3 Å². The minimum absolute atomic E-state index is 0.0100. The fraction of sp³-hybridized carbons (Fsp3) is 0.600. The van der Waals surface area contributed by atoms with Gasteiger partial charge in [0.15, 0.2) is 0 Å². The molecule has 3 heterocycles. The van der Waals surface area contributed by atoms with Crippen LogP contribution in [-0.4, -0.2) is 163 Å². The average Bonchev–Trinajstić information content (AvgIpc) is 3.80. The predicted molar refractivity (Wildman–Crippen MR) is 191 cm³/mol. The SMILES string of the molecule is C[C@@H](O)[C@@H]1NC(=O)[C@@H](NC=O)C[C@@H](O)CNC(=O)C2[C@@H](O)CCN2C(=O)[C@H](CCC(N)=O)NC(=O)C([C@H](O)Cc2ccc(O)cc2)NC(=O)C2CCCN2C1=O. The zero-order chi connectivity index (χ0) is 41.3. The lowest BCUT2D eigenvalue weighted by atomic mass is 9.99. The van der Waals surface area contributed by atoms with E-state index in [2.05, 4.69) is 26.6 Å². The molecule has 308 valence electrons. The molecule has 3 unspecified atom stereocenters. The number of β-amino-alcohol motifs (C(OH)–C–C–N with tert-alkyl or cyclic N) is 1. The molecule has 0 radical (unpaired) electrons. The number of aliphatic hydroxyl groups is 4. The molecule has 3 fully saturated rings. The maximum Gasteiger partial charge on any atom is 0.248 e. The van der Waals surface area contributed by atoms with Crippen LogP contribution in [-0.2, 0) is 44.8 Å². The van der Waals surface area contributed by atoms with E-state index in [1.165, 1.54) is 31.2 Å². The molecule has 3 aliphatic heterocycles. The number of phenolic OH excluding ortho intramolecular Hbond substituents is 1. The van der Waals surface area contributed by atoms with Crippen LogP contribution in [0, 0.1) is 0 Å². The van der Waals surface area contributed by atoms with Crippen LogP contribution in [0.5, 0.6) is 5.75 Å². The number of nitrogens with one attached hydrogen (secondary N) is 5. The summed E-state index contributed by atoms with van der Waals surface area (Å²) in [6, 6.07) is -3.71. The maximum atomic E-state index is 14.1. The van der Waals surface area contributed by atoms with Crippen molar-refractivity contribution >= 4 is 47.8 Å². The second-order valence-corrected chi connectivity index (χ2v) is 14.2. The second kappa shape index (κ2) is 19.5. The highest BCUT2D eigenvalue weighted by Crippen LogP contribution is 2.23. The summed E-state index contributed by atoms with van der Waals surface area (Å²) in [5, 5.41) is 65.2. The Hall–Kier alpha value is -5.38. The van der Waals surface area contributed by atoms with Gasteiger partial charge in [0.2, 0.25) is 47.8 Å². The summed E-state index contributed by atoms with van der Waals surface area (Å²) in [7, 11) is 0. The smallest absolute Gasteiger partial charge is 0.248 e. The molecule has 3 saturated heterocycles. The lowest BCUT2D eigenvalue weighted by molar-refractivity contribution is -0.145. The second-order valence-electron chi connectivity index (χ2n) is 14.2. The third kappa shape index (κ3) is 10.9. The van der Waals surface area contributed by atoms with Gasteiger partial charge in [-0.2, -0.15) is 0 Å². The van der Waals surface area contributed by atoms with Crippen LogP contribution in [0.4, 0.5) is 0 Å². The van der Waals surface area contributed by atoms with E-state index in [0.717, 1.165) is 9.80 Å². The van der Waals surface area contributed by atoms with Crippen molar-refractivity contribution in [3.8, 4) is 5.75 Å². The van der Waals surface area contributed by atoms with Crippen LogP contribution in [0.25, 0.3) is 0 Å². The molecule has 1 aromatic rings. The molecule has 0 bridgehead atoms. The summed E-state index contributed by atoms with van der Waals surface area (Å²) in [5.41, 5.74) is 5.79. The fourth-order valence-electron chi connectivity index (χ4n) is 7.06. The summed E-state index contributed by atoms with van der Waals surface area (Å²) < 4.78 is 0. The van der Waals surface area contributed by atoms with Gasteiger partial charge in [-0.25, -0.2) is 0 Å². The molecule has 10 atom stereocenters. The van der Waals surface area contributed by atoms with Crippen molar-refractivity contribution < 1.29 is 63.9 Å². The summed E-state index contributed by atoms with van der Waals surface area (Å²) in [6.07, 6.45) is -7.21. The van der Waals surface area contributed by atoms with Crippen molar-refractivity contribution in [3.05, 3.63) is 29.8 Å². The topological polar surface area (TPSA) is 330 Å². The molecule has 21 heteroatoms. The van der Waals surface area contributed by atoms with Crippen molar-refractivity contribution in [2.75, 3.05) is 19.6 Å². The van der Waals surface area contributed by atoms with Crippen LogP contribution in [0.3, 0.4) is 0 Å². The number of benzene rings is 1. The zero-order valence-electron chi connectivity index (χ0n) is 30.7. The first kappa shape index (κ1) is 43.3. The normalized spacial score (nSPS) is 29.7. The molecule has 56 heavy (non-hydrogen) atoms. The monoisotopic (exact) mass is 790 g/mol. The van der Waals surface area contributed by atoms with Crippen LogP contribution < -0.4 is 32.3 Å². The van der Waals surface area contributed by atoms with Gasteiger partial charge in [0, 0.05) is 38.9 Å². The minimum Gasteiger partial charge on any atom is -0.508 e. The number of rotatable bonds is 9. The Kier molecular flexibility index (Phi) is 15.1. The number of phenols is 1. The Morgan fingerprint density at radius 1 is 0.911 bits per heavy atom. The van der Waals surface area contributed by atoms with E-state index < -0.39 is 121 Å². The van der Waals surface area contributed by atoms with E-state index >= 15 is 0 Å². The third-order valence-corrected chi connectivity index (χ3v) is 10.0. The number of primary amides is 1. The average molecular weight is 791 g/mol. The Bertz CT molecular complexity index is 1630. The first-order chi connectivity index (χ1) is 26.5. The number of aliphatic hydroxyl groups excluding tert-OH is 4. The summed E-state index contributed by atoms with van der Waals surface area (Å²) in [5.74, 6) is -6.65. The number of nitrogens with zero attached hydrogens (tertiary/aromatic N) is 2. The van der Waals surface area contributed by atoms with Crippen molar-refractivity contribution in [1.29, 1.82) is 0 Å². The Labute approximate surface area is 321 Å². The molecule has 0 aliphatic carbocycles. The molecular weight excluding hydrogens is 740 g/mol. The number of fused-ring (bicyclic) bond motifs is 2.